The average molecular weight is 434 g/mol. The van der Waals surface area contributed by atoms with E-state index in [1.807, 2.05) is 6.92 Å². The summed E-state index contributed by atoms with van der Waals surface area (Å²) in [5, 5.41) is 10.1. The third kappa shape index (κ3) is 5.44. The number of allylic oxidation sites excluding steroid dienone is 1. The van der Waals surface area contributed by atoms with E-state index in [0.717, 1.165) is 11.1 Å². The van der Waals surface area contributed by atoms with E-state index in [1.165, 1.54) is 7.11 Å². The van der Waals surface area contributed by atoms with Gasteiger partial charge < -0.3 is 14.2 Å². The SMILES string of the molecule is CCOc1ccccc1C(=O)Oc1ccc(/C=C(\C#N)c2ccc(Cl)cc2)cc1OC. The van der Waals surface area contributed by atoms with Crippen LogP contribution in [0.15, 0.2) is 66.7 Å². The number of hydrogen-bond acceptors (Lipinski definition) is 5. The zero-order chi connectivity index (χ0) is 22.2. The first-order valence-electron chi connectivity index (χ1n) is 9.55. The smallest absolute Gasteiger partial charge is 0.347 e. The molecule has 0 fully saturated rings. The van der Waals surface area contributed by atoms with Gasteiger partial charge in [0.05, 0.1) is 25.4 Å². The molecule has 0 aromatic heterocycles. The molecule has 0 bridgehead atoms. The number of ether oxygens (including phenoxy) is 3. The Labute approximate surface area is 186 Å². The molecule has 0 atom stereocenters. The van der Waals surface area contributed by atoms with Gasteiger partial charge in [-0.25, -0.2) is 4.79 Å². The summed E-state index contributed by atoms with van der Waals surface area (Å²) >= 11 is 5.92. The van der Waals surface area contributed by atoms with Crippen molar-refractivity contribution in [1.82, 2.24) is 0 Å². The minimum absolute atomic E-state index is 0.265. The van der Waals surface area contributed by atoms with Crippen LogP contribution in [-0.2, 0) is 0 Å². The van der Waals surface area contributed by atoms with Crippen LogP contribution in [0.4, 0.5) is 0 Å². The molecule has 3 aromatic rings. The minimum atomic E-state index is -0.551. The van der Waals surface area contributed by atoms with Gasteiger partial charge in [0.15, 0.2) is 11.5 Å². The summed E-state index contributed by atoms with van der Waals surface area (Å²) in [5.41, 5.74) is 2.26. The van der Waals surface area contributed by atoms with Gasteiger partial charge in [-0.2, -0.15) is 5.26 Å². The average Bonchev–Trinajstić information content (AvgIpc) is 2.79. The molecule has 0 saturated heterocycles. The van der Waals surface area contributed by atoms with Crippen LogP contribution in [0, 0.1) is 11.3 Å². The van der Waals surface area contributed by atoms with Gasteiger partial charge in [0.2, 0.25) is 0 Å². The topological polar surface area (TPSA) is 68.5 Å². The van der Waals surface area contributed by atoms with E-state index in [9.17, 15) is 10.1 Å². The van der Waals surface area contributed by atoms with Crippen LogP contribution in [0.5, 0.6) is 17.2 Å². The normalized spacial score (nSPS) is 10.8. The van der Waals surface area contributed by atoms with Crippen molar-refractivity contribution < 1.29 is 19.0 Å². The van der Waals surface area contributed by atoms with Crippen LogP contribution in [0.3, 0.4) is 0 Å². The zero-order valence-electron chi connectivity index (χ0n) is 17.1. The fraction of sp³-hybridized carbons (Fsp3) is 0.120. The molecule has 0 unspecified atom stereocenters. The number of carbonyl (C=O) groups is 1. The lowest BCUT2D eigenvalue weighted by atomic mass is 10.0. The van der Waals surface area contributed by atoms with Gasteiger partial charge in [-0.15, -0.1) is 0 Å². The van der Waals surface area contributed by atoms with Crippen molar-refractivity contribution in [1.29, 1.82) is 5.26 Å². The van der Waals surface area contributed by atoms with Crippen LogP contribution < -0.4 is 14.2 Å². The number of methoxy groups -OCH3 is 1. The Kier molecular flexibility index (Phi) is 7.31. The maximum atomic E-state index is 12.7. The third-order valence-electron chi connectivity index (χ3n) is 4.38. The molecular formula is C25H20ClNO4. The maximum Gasteiger partial charge on any atom is 0.347 e. The lowest BCUT2D eigenvalue weighted by Gasteiger charge is -2.12. The first kappa shape index (κ1) is 21.9. The molecule has 0 spiro atoms. The molecule has 31 heavy (non-hydrogen) atoms. The molecule has 156 valence electrons. The van der Waals surface area contributed by atoms with Crippen LogP contribution in [-0.4, -0.2) is 19.7 Å². The maximum absolute atomic E-state index is 12.7. The van der Waals surface area contributed by atoms with Crippen LogP contribution in [0.2, 0.25) is 5.02 Å². The predicted octanol–water partition coefficient (Wildman–Crippen LogP) is 6.03. The standard InChI is InChI=1S/C25H20ClNO4/c1-3-30-22-7-5-4-6-21(22)25(28)31-23-13-8-17(15-24(23)29-2)14-19(16-27)18-9-11-20(26)12-10-18/h4-15H,3H2,1-2H3/b19-14+. The molecule has 5 nitrogen and oxygen atoms in total. The van der Waals surface area contributed by atoms with Gasteiger partial charge in [0.25, 0.3) is 0 Å². The number of halogens is 1. The van der Waals surface area contributed by atoms with Crippen molar-refractivity contribution >= 4 is 29.2 Å². The third-order valence-corrected chi connectivity index (χ3v) is 4.64. The van der Waals surface area contributed by atoms with Gasteiger partial charge >= 0.3 is 5.97 Å². The molecule has 0 amide bonds. The van der Waals surface area contributed by atoms with Crippen molar-refractivity contribution in [3.8, 4) is 23.3 Å². The number of benzene rings is 3. The number of para-hydroxylation sites is 1. The number of hydrogen-bond donors (Lipinski definition) is 0. The van der Waals surface area contributed by atoms with Gasteiger partial charge in [-0.1, -0.05) is 41.9 Å². The Hall–Kier alpha value is -3.75. The van der Waals surface area contributed by atoms with E-state index < -0.39 is 5.97 Å². The quantitative estimate of drug-likeness (QED) is 0.197. The number of esters is 1. The second-order valence-electron chi connectivity index (χ2n) is 6.41. The predicted molar refractivity (Wildman–Crippen MR) is 120 cm³/mol. The summed E-state index contributed by atoms with van der Waals surface area (Å²) in [5.74, 6) is 0.532. The van der Waals surface area contributed by atoms with E-state index in [1.54, 1.807) is 72.8 Å². The molecule has 0 aliphatic rings. The van der Waals surface area contributed by atoms with Crippen molar-refractivity contribution in [3.05, 3.63) is 88.4 Å². The Bertz CT molecular complexity index is 1150. The highest BCUT2D eigenvalue weighted by atomic mass is 35.5. The lowest BCUT2D eigenvalue weighted by molar-refractivity contribution is 0.0725. The van der Waals surface area contributed by atoms with Gasteiger partial charge in [0.1, 0.15) is 11.3 Å². The molecule has 0 aliphatic carbocycles. The second kappa shape index (κ2) is 10.3. The summed E-state index contributed by atoms with van der Waals surface area (Å²) in [7, 11) is 1.48. The monoisotopic (exact) mass is 433 g/mol. The molecule has 0 aliphatic heterocycles. The van der Waals surface area contributed by atoms with Crippen LogP contribution in [0.1, 0.15) is 28.4 Å². The van der Waals surface area contributed by atoms with Gasteiger partial charge in [-0.3, -0.25) is 0 Å². The van der Waals surface area contributed by atoms with Gasteiger partial charge in [0, 0.05) is 5.02 Å². The Morgan fingerprint density at radius 3 is 2.45 bits per heavy atom. The van der Waals surface area contributed by atoms with Crippen molar-refractivity contribution in [2.45, 2.75) is 6.92 Å². The number of rotatable bonds is 7. The molecule has 3 aromatic carbocycles. The number of carbonyl (C=O) groups excluding carboxylic acids is 1. The molecule has 0 N–H and O–H groups in total. The lowest BCUT2D eigenvalue weighted by Crippen LogP contribution is -2.11. The minimum Gasteiger partial charge on any atom is -0.493 e. The van der Waals surface area contributed by atoms with E-state index in [0.29, 0.717) is 34.3 Å². The first-order valence-corrected chi connectivity index (χ1v) is 9.93. The molecule has 0 radical (unpaired) electrons. The highest BCUT2D eigenvalue weighted by molar-refractivity contribution is 6.30. The van der Waals surface area contributed by atoms with E-state index in [2.05, 4.69) is 6.07 Å². The van der Waals surface area contributed by atoms with Crippen molar-refractivity contribution in [2.24, 2.45) is 0 Å². The van der Waals surface area contributed by atoms with Crippen molar-refractivity contribution in [2.75, 3.05) is 13.7 Å². The van der Waals surface area contributed by atoms with Crippen LogP contribution >= 0.6 is 11.6 Å². The zero-order valence-corrected chi connectivity index (χ0v) is 17.8. The largest absolute Gasteiger partial charge is 0.493 e. The van der Waals surface area contributed by atoms with E-state index >= 15 is 0 Å². The summed E-state index contributed by atoms with van der Waals surface area (Å²) in [6.45, 7) is 2.28. The highest BCUT2D eigenvalue weighted by Gasteiger charge is 2.17. The second-order valence-corrected chi connectivity index (χ2v) is 6.84. The number of nitrogens with zero attached hydrogens (tertiary/aromatic N) is 1. The first-order chi connectivity index (χ1) is 15.0. The van der Waals surface area contributed by atoms with E-state index in [-0.39, 0.29) is 5.75 Å². The van der Waals surface area contributed by atoms with Gasteiger partial charge in [-0.05, 0) is 60.5 Å². The summed E-state index contributed by atoms with van der Waals surface area (Å²) in [6, 6.07) is 21.2. The highest BCUT2D eigenvalue weighted by Crippen LogP contribution is 2.31. The van der Waals surface area contributed by atoms with Crippen LogP contribution in [0.25, 0.3) is 11.6 Å². The molecule has 3 rings (SSSR count). The summed E-state index contributed by atoms with van der Waals surface area (Å²) in [4.78, 5) is 12.7. The molecular weight excluding hydrogens is 414 g/mol. The molecule has 0 heterocycles. The summed E-state index contributed by atoms with van der Waals surface area (Å²) < 4.78 is 16.4. The Morgan fingerprint density at radius 2 is 1.77 bits per heavy atom. The molecule has 6 heteroatoms. The molecule has 0 saturated carbocycles. The fourth-order valence-corrected chi connectivity index (χ4v) is 3.03. The Morgan fingerprint density at radius 1 is 1.03 bits per heavy atom. The summed E-state index contributed by atoms with van der Waals surface area (Å²) in [6.07, 6.45) is 1.72. The van der Waals surface area contributed by atoms with Crippen molar-refractivity contribution in [3.63, 3.8) is 0 Å². The Balaban J connectivity index is 1.87. The number of nitriles is 1. The van der Waals surface area contributed by atoms with E-state index in [4.69, 9.17) is 25.8 Å². The fourth-order valence-electron chi connectivity index (χ4n) is 2.91.